The van der Waals surface area contributed by atoms with Gasteiger partial charge in [-0.1, -0.05) is 37.3 Å². The summed E-state index contributed by atoms with van der Waals surface area (Å²) < 4.78 is 0. The van der Waals surface area contributed by atoms with Crippen molar-refractivity contribution in [1.29, 1.82) is 0 Å². The van der Waals surface area contributed by atoms with Gasteiger partial charge in [0.05, 0.1) is 0 Å². The zero-order valence-corrected chi connectivity index (χ0v) is 11.3. The zero-order valence-electron chi connectivity index (χ0n) is 11.3. The van der Waals surface area contributed by atoms with E-state index < -0.39 is 0 Å². The van der Waals surface area contributed by atoms with E-state index >= 15 is 0 Å². The molecule has 0 aromatic heterocycles. The third-order valence-corrected chi connectivity index (χ3v) is 4.48. The Balaban J connectivity index is 1.54. The summed E-state index contributed by atoms with van der Waals surface area (Å²) in [4.78, 5) is 2.71. The van der Waals surface area contributed by atoms with E-state index in [1.54, 1.807) is 0 Å². The van der Waals surface area contributed by atoms with Crippen LogP contribution in [0, 0.1) is 5.92 Å². The van der Waals surface area contributed by atoms with E-state index in [-0.39, 0.29) is 0 Å². The standard InChI is InChI=1S/C16H24N2/c1-13-9-16(10-13)18-8-7-17-15(12-18)11-14-5-3-2-4-6-14/h2-6,13,15-17H,7-12H2,1H3. The van der Waals surface area contributed by atoms with Crippen molar-refractivity contribution in [3.05, 3.63) is 35.9 Å². The van der Waals surface area contributed by atoms with Gasteiger partial charge in [0.1, 0.15) is 0 Å². The first-order chi connectivity index (χ1) is 8.81. The number of piperazine rings is 1. The lowest BCUT2D eigenvalue weighted by atomic mass is 9.80. The molecular weight excluding hydrogens is 220 g/mol. The van der Waals surface area contributed by atoms with Crippen LogP contribution in [0.1, 0.15) is 25.3 Å². The monoisotopic (exact) mass is 244 g/mol. The van der Waals surface area contributed by atoms with Crippen molar-refractivity contribution in [2.45, 2.75) is 38.3 Å². The molecular formula is C16H24N2. The van der Waals surface area contributed by atoms with Crippen LogP contribution in [-0.4, -0.2) is 36.6 Å². The number of nitrogens with zero attached hydrogens (tertiary/aromatic N) is 1. The fraction of sp³-hybridized carbons (Fsp3) is 0.625. The fourth-order valence-electron chi connectivity index (χ4n) is 3.38. The quantitative estimate of drug-likeness (QED) is 0.877. The molecule has 1 N–H and O–H groups in total. The van der Waals surface area contributed by atoms with Crippen LogP contribution in [-0.2, 0) is 6.42 Å². The van der Waals surface area contributed by atoms with E-state index in [0.29, 0.717) is 6.04 Å². The van der Waals surface area contributed by atoms with Crippen molar-refractivity contribution < 1.29 is 0 Å². The molecule has 3 rings (SSSR count). The maximum atomic E-state index is 3.67. The average molecular weight is 244 g/mol. The van der Waals surface area contributed by atoms with Gasteiger partial charge in [-0.05, 0) is 30.7 Å². The molecule has 2 nitrogen and oxygen atoms in total. The van der Waals surface area contributed by atoms with Gasteiger partial charge in [-0.3, -0.25) is 4.90 Å². The molecule has 2 fully saturated rings. The predicted molar refractivity (Wildman–Crippen MR) is 75.7 cm³/mol. The highest BCUT2D eigenvalue weighted by atomic mass is 15.2. The Labute approximate surface area is 110 Å². The first-order valence-corrected chi connectivity index (χ1v) is 7.32. The first-order valence-electron chi connectivity index (χ1n) is 7.32. The van der Waals surface area contributed by atoms with Crippen molar-refractivity contribution in [2.24, 2.45) is 5.92 Å². The highest BCUT2D eigenvalue weighted by molar-refractivity contribution is 5.16. The van der Waals surface area contributed by atoms with E-state index in [4.69, 9.17) is 0 Å². The lowest BCUT2D eigenvalue weighted by Gasteiger charge is -2.45. The molecule has 1 saturated carbocycles. The Kier molecular flexibility index (Phi) is 3.67. The molecule has 0 spiro atoms. The average Bonchev–Trinajstić information content (AvgIpc) is 2.37. The summed E-state index contributed by atoms with van der Waals surface area (Å²) in [5.74, 6) is 0.956. The minimum atomic E-state index is 0.636. The summed E-state index contributed by atoms with van der Waals surface area (Å²) in [6.07, 6.45) is 4.00. The fourth-order valence-corrected chi connectivity index (χ4v) is 3.38. The Morgan fingerprint density at radius 2 is 2.00 bits per heavy atom. The lowest BCUT2D eigenvalue weighted by molar-refractivity contribution is 0.0600. The van der Waals surface area contributed by atoms with Crippen molar-refractivity contribution >= 4 is 0 Å². The lowest BCUT2D eigenvalue weighted by Crippen LogP contribution is -2.57. The second kappa shape index (κ2) is 5.41. The third kappa shape index (κ3) is 2.76. The van der Waals surface area contributed by atoms with Crippen LogP contribution in [0.2, 0.25) is 0 Å². The molecule has 2 heteroatoms. The van der Waals surface area contributed by atoms with E-state index in [1.807, 2.05) is 0 Å². The van der Waals surface area contributed by atoms with Crippen LogP contribution in [0.5, 0.6) is 0 Å². The second-order valence-corrected chi connectivity index (χ2v) is 6.07. The van der Waals surface area contributed by atoms with Crippen LogP contribution < -0.4 is 5.32 Å². The summed E-state index contributed by atoms with van der Waals surface area (Å²) >= 11 is 0. The highest BCUT2D eigenvalue weighted by Gasteiger charge is 2.33. The van der Waals surface area contributed by atoms with Crippen LogP contribution >= 0.6 is 0 Å². The Morgan fingerprint density at radius 1 is 1.22 bits per heavy atom. The molecule has 1 saturated heterocycles. The van der Waals surface area contributed by atoms with Gasteiger partial charge in [0, 0.05) is 31.7 Å². The van der Waals surface area contributed by atoms with E-state index in [9.17, 15) is 0 Å². The highest BCUT2D eigenvalue weighted by Crippen LogP contribution is 2.31. The van der Waals surface area contributed by atoms with Crippen molar-refractivity contribution in [2.75, 3.05) is 19.6 Å². The number of nitrogens with one attached hydrogen (secondary N) is 1. The number of benzene rings is 1. The van der Waals surface area contributed by atoms with Gasteiger partial charge in [-0.2, -0.15) is 0 Å². The zero-order chi connectivity index (χ0) is 12.4. The maximum Gasteiger partial charge on any atom is 0.0236 e. The Hall–Kier alpha value is -0.860. The molecule has 98 valence electrons. The second-order valence-electron chi connectivity index (χ2n) is 6.07. The molecule has 1 atom stereocenters. The van der Waals surface area contributed by atoms with Crippen molar-refractivity contribution in [1.82, 2.24) is 10.2 Å². The number of hydrogen-bond donors (Lipinski definition) is 1. The molecule has 18 heavy (non-hydrogen) atoms. The topological polar surface area (TPSA) is 15.3 Å². The Morgan fingerprint density at radius 3 is 2.72 bits per heavy atom. The summed E-state index contributed by atoms with van der Waals surface area (Å²) in [7, 11) is 0. The van der Waals surface area contributed by atoms with Gasteiger partial charge in [-0.25, -0.2) is 0 Å². The molecule has 0 amide bonds. The molecule has 1 aliphatic carbocycles. The van der Waals surface area contributed by atoms with Gasteiger partial charge in [0.25, 0.3) is 0 Å². The van der Waals surface area contributed by atoms with Crippen LogP contribution in [0.4, 0.5) is 0 Å². The maximum absolute atomic E-state index is 3.67. The third-order valence-electron chi connectivity index (χ3n) is 4.48. The first kappa shape index (κ1) is 12.2. The number of hydrogen-bond acceptors (Lipinski definition) is 2. The normalized spacial score (nSPS) is 33.1. The van der Waals surface area contributed by atoms with Gasteiger partial charge < -0.3 is 5.32 Å². The molecule has 1 aromatic rings. The SMILES string of the molecule is CC1CC(N2CCNC(Cc3ccccc3)C2)C1. The smallest absolute Gasteiger partial charge is 0.0236 e. The van der Waals surface area contributed by atoms with Gasteiger partial charge in [0.15, 0.2) is 0 Å². The van der Waals surface area contributed by atoms with Crippen molar-refractivity contribution in [3.63, 3.8) is 0 Å². The summed E-state index contributed by atoms with van der Waals surface area (Å²) in [6, 6.07) is 12.4. The molecule has 1 aromatic carbocycles. The minimum Gasteiger partial charge on any atom is -0.311 e. The molecule has 1 unspecified atom stereocenters. The van der Waals surface area contributed by atoms with Gasteiger partial charge in [-0.15, -0.1) is 0 Å². The van der Waals surface area contributed by atoms with E-state index in [0.717, 1.165) is 18.5 Å². The van der Waals surface area contributed by atoms with Crippen LogP contribution in [0.3, 0.4) is 0 Å². The molecule has 0 radical (unpaired) electrons. The largest absolute Gasteiger partial charge is 0.311 e. The summed E-state index contributed by atoms with van der Waals surface area (Å²) in [6.45, 7) is 6.00. The van der Waals surface area contributed by atoms with Crippen LogP contribution in [0.25, 0.3) is 0 Å². The van der Waals surface area contributed by atoms with Gasteiger partial charge in [0.2, 0.25) is 0 Å². The molecule has 2 aliphatic rings. The van der Waals surface area contributed by atoms with Crippen LogP contribution in [0.15, 0.2) is 30.3 Å². The van der Waals surface area contributed by atoms with E-state index in [2.05, 4.69) is 47.5 Å². The van der Waals surface area contributed by atoms with E-state index in [1.165, 1.54) is 37.9 Å². The van der Waals surface area contributed by atoms with Gasteiger partial charge >= 0.3 is 0 Å². The molecule has 1 heterocycles. The summed E-state index contributed by atoms with van der Waals surface area (Å²) in [5, 5.41) is 3.67. The van der Waals surface area contributed by atoms with Crippen molar-refractivity contribution in [3.8, 4) is 0 Å². The predicted octanol–water partition coefficient (Wildman–Crippen LogP) is 2.30. The summed E-state index contributed by atoms with van der Waals surface area (Å²) in [5.41, 5.74) is 1.46. The molecule has 1 aliphatic heterocycles. The molecule has 0 bridgehead atoms. The Bertz CT molecular complexity index is 370. The number of rotatable bonds is 3. The minimum absolute atomic E-state index is 0.636.